The van der Waals surface area contributed by atoms with Crippen molar-refractivity contribution in [2.24, 2.45) is 4.99 Å². The molecular weight excluding hydrogens is 392 g/mol. The Hall–Kier alpha value is -2.49. The van der Waals surface area contributed by atoms with Crippen LogP contribution in [-0.2, 0) is 19.7 Å². The van der Waals surface area contributed by atoms with Crippen molar-refractivity contribution in [1.29, 1.82) is 0 Å². The van der Waals surface area contributed by atoms with Crippen LogP contribution < -0.4 is 4.31 Å². The highest BCUT2D eigenvalue weighted by atomic mass is 32.2. The second-order valence-corrected chi connectivity index (χ2v) is 8.56. The lowest BCUT2D eigenvalue weighted by atomic mass is 10.2. The number of hydrogen-bond acceptors (Lipinski definition) is 6. The minimum Gasteiger partial charge on any atom is -0.466 e. The van der Waals surface area contributed by atoms with E-state index in [1.807, 2.05) is 13.1 Å². The molecule has 0 amide bonds. The summed E-state index contributed by atoms with van der Waals surface area (Å²) in [4.78, 5) is 17.6. The van der Waals surface area contributed by atoms with Crippen molar-refractivity contribution >= 4 is 28.6 Å². The van der Waals surface area contributed by atoms with Gasteiger partial charge in [0.15, 0.2) is 0 Å². The average Bonchev–Trinajstić information content (AvgIpc) is 2.73. The quantitative estimate of drug-likeness (QED) is 0.277. The van der Waals surface area contributed by atoms with Crippen LogP contribution in [0.25, 0.3) is 0 Å². The molecule has 29 heavy (non-hydrogen) atoms. The van der Waals surface area contributed by atoms with Crippen LogP contribution in [0.5, 0.6) is 0 Å². The van der Waals surface area contributed by atoms with Gasteiger partial charge in [-0.3, -0.25) is 9.30 Å². The first-order chi connectivity index (χ1) is 13.8. The van der Waals surface area contributed by atoms with E-state index in [1.165, 1.54) is 15.7 Å². The molecule has 1 fully saturated rings. The molecule has 1 aromatic carbocycles. The fourth-order valence-corrected chi connectivity index (χ4v) is 4.40. The molecule has 0 atom stereocenters. The first-order valence-electron chi connectivity index (χ1n) is 9.23. The van der Waals surface area contributed by atoms with Gasteiger partial charge >= 0.3 is 16.2 Å². The maximum absolute atomic E-state index is 13.4. The number of piperazine rings is 1. The van der Waals surface area contributed by atoms with Gasteiger partial charge in [0, 0.05) is 31.8 Å². The number of carbonyl (C=O) groups excluding carboxylic acids is 1. The lowest BCUT2D eigenvalue weighted by Gasteiger charge is -2.36. The van der Waals surface area contributed by atoms with Crippen molar-refractivity contribution < 1.29 is 17.9 Å². The molecule has 2 rings (SSSR count). The fraction of sp³-hybridized carbons (Fsp3) is 0.400. The SMILES string of the molecule is C=N/C(=C\C=C(/C)C(=O)OC)CN(c1ccccc1)S(=O)(=O)N1CCN(C)CC1. The molecule has 1 aliphatic rings. The first kappa shape index (κ1) is 22.8. The molecular formula is C20H28N4O4S. The molecule has 0 N–H and O–H groups in total. The Balaban J connectivity index is 2.36. The first-order valence-corrected chi connectivity index (χ1v) is 10.6. The zero-order valence-corrected chi connectivity index (χ0v) is 17.9. The Labute approximate surface area is 173 Å². The Morgan fingerprint density at radius 2 is 1.83 bits per heavy atom. The summed E-state index contributed by atoms with van der Waals surface area (Å²) in [6.45, 7) is 7.34. The number of likely N-dealkylation sites (N-methyl/N-ethyl adjacent to an activating group) is 1. The molecule has 1 aromatic rings. The van der Waals surface area contributed by atoms with Crippen molar-refractivity contribution in [2.45, 2.75) is 6.92 Å². The van der Waals surface area contributed by atoms with Crippen LogP contribution in [0.3, 0.4) is 0 Å². The summed E-state index contributed by atoms with van der Waals surface area (Å²) in [6, 6.07) is 8.88. The Bertz CT molecular complexity index is 873. The number of ether oxygens (including phenoxy) is 1. The van der Waals surface area contributed by atoms with E-state index in [2.05, 4.69) is 21.3 Å². The Morgan fingerprint density at radius 1 is 1.21 bits per heavy atom. The van der Waals surface area contributed by atoms with Crippen molar-refractivity contribution in [1.82, 2.24) is 9.21 Å². The number of carbonyl (C=O) groups is 1. The number of nitrogens with zero attached hydrogens (tertiary/aromatic N) is 4. The van der Waals surface area contributed by atoms with Crippen molar-refractivity contribution in [3.63, 3.8) is 0 Å². The third kappa shape index (κ3) is 5.99. The van der Waals surface area contributed by atoms with Crippen LogP contribution in [0, 0.1) is 0 Å². The monoisotopic (exact) mass is 420 g/mol. The predicted octanol–water partition coefficient (Wildman–Crippen LogP) is 1.69. The summed E-state index contributed by atoms with van der Waals surface area (Å²) in [7, 11) is -0.495. The highest BCUT2D eigenvalue weighted by Gasteiger charge is 2.32. The van der Waals surface area contributed by atoms with Gasteiger partial charge in [0.1, 0.15) is 0 Å². The van der Waals surface area contributed by atoms with Gasteiger partial charge in [-0.15, -0.1) is 0 Å². The third-order valence-electron chi connectivity index (χ3n) is 4.65. The van der Waals surface area contributed by atoms with Crippen LogP contribution >= 0.6 is 0 Å². The number of benzene rings is 1. The van der Waals surface area contributed by atoms with Gasteiger partial charge in [-0.25, -0.2) is 4.79 Å². The van der Waals surface area contributed by atoms with Crippen LogP contribution in [-0.4, -0.2) is 77.2 Å². The number of allylic oxidation sites excluding steroid dienone is 2. The summed E-state index contributed by atoms with van der Waals surface area (Å²) in [5.41, 5.74) is 1.33. The lowest BCUT2D eigenvalue weighted by molar-refractivity contribution is -0.136. The number of hydrogen-bond donors (Lipinski definition) is 0. The van der Waals surface area contributed by atoms with Crippen LogP contribution in [0.15, 0.2) is 58.7 Å². The van der Waals surface area contributed by atoms with Crippen LogP contribution in [0.2, 0.25) is 0 Å². The fourth-order valence-electron chi connectivity index (χ4n) is 2.81. The normalized spacial score (nSPS) is 17.1. The highest BCUT2D eigenvalue weighted by Crippen LogP contribution is 2.23. The van der Waals surface area contributed by atoms with Gasteiger partial charge in [0.25, 0.3) is 0 Å². The van der Waals surface area contributed by atoms with E-state index >= 15 is 0 Å². The van der Waals surface area contributed by atoms with Gasteiger partial charge in [-0.1, -0.05) is 24.3 Å². The Morgan fingerprint density at radius 3 is 2.38 bits per heavy atom. The second kappa shape index (κ2) is 10.3. The van der Waals surface area contributed by atoms with E-state index in [1.54, 1.807) is 43.3 Å². The Kier molecular flexibility index (Phi) is 8.12. The summed E-state index contributed by atoms with van der Waals surface area (Å²) in [6.07, 6.45) is 3.12. The molecule has 0 aliphatic carbocycles. The van der Waals surface area contributed by atoms with Gasteiger partial charge < -0.3 is 9.64 Å². The van der Waals surface area contributed by atoms with Crippen molar-refractivity contribution in [3.8, 4) is 0 Å². The van der Waals surface area contributed by atoms with E-state index in [-0.39, 0.29) is 6.54 Å². The minimum atomic E-state index is -3.77. The lowest BCUT2D eigenvalue weighted by Crippen LogP contribution is -2.52. The van der Waals surface area contributed by atoms with E-state index in [0.29, 0.717) is 43.1 Å². The molecule has 0 unspecified atom stereocenters. The topological polar surface area (TPSA) is 82.5 Å². The van der Waals surface area contributed by atoms with Gasteiger partial charge in [0.05, 0.1) is 25.0 Å². The van der Waals surface area contributed by atoms with E-state index < -0.39 is 16.2 Å². The zero-order valence-electron chi connectivity index (χ0n) is 17.1. The summed E-state index contributed by atoms with van der Waals surface area (Å²) < 4.78 is 34.3. The van der Waals surface area contributed by atoms with Gasteiger partial charge in [-0.05, 0) is 38.9 Å². The van der Waals surface area contributed by atoms with Gasteiger partial charge in [-0.2, -0.15) is 12.7 Å². The number of anilines is 1. The second-order valence-electron chi connectivity index (χ2n) is 6.71. The molecule has 158 valence electrons. The van der Waals surface area contributed by atoms with E-state index in [0.717, 1.165) is 0 Å². The summed E-state index contributed by atoms with van der Waals surface area (Å²) in [5.74, 6) is -0.463. The molecule has 8 nitrogen and oxygen atoms in total. The standard InChI is InChI=1S/C20H28N4O4S/c1-17(20(25)28-4)10-11-18(21-2)16-24(19-8-6-5-7-9-19)29(26,27)23-14-12-22(3)13-15-23/h5-11H,2,12-16H2,1,3-4H3/b17-10+,18-11-. The number of esters is 1. The molecule has 0 bridgehead atoms. The number of methoxy groups -OCH3 is 1. The average molecular weight is 421 g/mol. The summed E-state index contributed by atoms with van der Waals surface area (Å²) in [5, 5.41) is 0. The zero-order chi connectivity index (χ0) is 21.4. The number of para-hydroxylation sites is 1. The van der Waals surface area contributed by atoms with Gasteiger partial charge in [0.2, 0.25) is 0 Å². The van der Waals surface area contributed by atoms with E-state index in [9.17, 15) is 13.2 Å². The molecule has 1 heterocycles. The predicted molar refractivity (Wildman–Crippen MR) is 115 cm³/mol. The minimum absolute atomic E-state index is 0.00681. The third-order valence-corrected chi connectivity index (χ3v) is 6.57. The summed E-state index contributed by atoms with van der Waals surface area (Å²) >= 11 is 0. The number of rotatable bonds is 8. The van der Waals surface area contributed by atoms with Crippen LogP contribution in [0.1, 0.15) is 6.92 Å². The smallest absolute Gasteiger partial charge is 0.333 e. The van der Waals surface area contributed by atoms with Crippen molar-refractivity contribution in [2.75, 3.05) is 51.2 Å². The molecule has 0 saturated carbocycles. The van der Waals surface area contributed by atoms with Crippen molar-refractivity contribution in [3.05, 3.63) is 53.8 Å². The molecule has 0 radical (unpaired) electrons. The molecule has 1 aliphatic heterocycles. The number of aliphatic imine (C=N–C) groups is 1. The molecule has 0 spiro atoms. The van der Waals surface area contributed by atoms with Crippen LogP contribution in [0.4, 0.5) is 5.69 Å². The molecule has 9 heteroatoms. The molecule has 0 aromatic heterocycles. The maximum atomic E-state index is 13.4. The largest absolute Gasteiger partial charge is 0.466 e. The molecule has 1 saturated heterocycles. The maximum Gasteiger partial charge on any atom is 0.333 e. The highest BCUT2D eigenvalue weighted by molar-refractivity contribution is 7.90. The van der Waals surface area contributed by atoms with E-state index in [4.69, 9.17) is 0 Å².